The molecule has 1 fully saturated rings. The molecular weight excluding hydrogens is 521 g/mol. The number of nitrogens with zero attached hydrogens (tertiary/aromatic N) is 2. The summed E-state index contributed by atoms with van der Waals surface area (Å²) >= 11 is 12.2. The van der Waals surface area contributed by atoms with Crippen molar-refractivity contribution in [3.8, 4) is 11.4 Å². The second kappa shape index (κ2) is 10.8. The zero-order valence-corrected chi connectivity index (χ0v) is 22.4. The Morgan fingerprint density at radius 3 is 2.34 bits per heavy atom. The zero-order valence-electron chi connectivity index (χ0n) is 20.9. The number of rotatable bonds is 7. The predicted molar refractivity (Wildman–Crippen MR) is 150 cm³/mol. The zero-order chi connectivity index (χ0) is 26.8. The van der Waals surface area contributed by atoms with E-state index >= 15 is 0 Å². The lowest BCUT2D eigenvalue weighted by Gasteiger charge is -2.12. The molecule has 6 nitrogen and oxygen atoms in total. The van der Waals surface area contributed by atoms with Crippen LogP contribution in [-0.2, 0) is 17.9 Å². The van der Waals surface area contributed by atoms with Crippen LogP contribution in [0.15, 0.2) is 84.6 Å². The van der Waals surface area contributed by atoms with Gasteiger partial charge in [0.25, 0.3) is 5.91 Å². The molecule has 5 rings (SSSR count). The first kappa shape index (κ1) is 25.6. The van der Waals surface area contributed by atoms with Crippen molar-refractivity contribution in [1.29, 1.82) is 0 Å². The van der Waals surface area contributed by atoms with Gasteiger partial charge in [-0.15, -0.1) is 0 Å². The van der Waals surface area contributed by atoms with Crippen molar-refractivity contribution in [1.82, 2.24) is 14.8 Å². The lowest BCUT2D eigenvalue weighted by Crippen LogP contribution is -2.30. The molecule has 4 aromatic rings. The number of aromatic nitrogens is 1. The van der Waals surface area contributed by atoms with E-state index in [0.29, 0.717) is 16.7 Å². The number of nitrogens with one attached hydrogen (secondary N) is 1. The molecule has 192 valence electrons. The van der Waals surface area contributed by atoms with Crippen LogP contribution in [0.5, 0.6) is 5.75 Å². The first-order chi connectivity index (χ1) is 18.3. The Bertz CT molecular complexity index is 1540. The number of hydrogen-bond acceptors (Lipinski definition) is 3. The van der Waals surface area contributed by atoms with Gasteiger partial charge in [-0.05, 0) is 79.6 Å². The third-order valence-corrected chi connectivity index (χ3v) is 7.05. The number of halogens is 2. The highest BCUT2D eigenvalue weighted by Crippen LogP contribution is 2.26. The summed E-state index contributed by atoms with van der Waals surface area (Å²) in [6.45, 7) is 4.53. The first-order valence-electron chi connectivity index (χ1n) is 12.0. The molecule has 0 atom stereocenters. The molecule has 0 aliphatic carbocycles. The Kier molecular flexibility index (Phi) is 7.27. The molecule has 0 radical (unpaired) electrons. The Morgan fingerprint density at radius 2 is 1.63 bits per heavy atom. The van der Waals surface area contributed by atoms with Crippen LogP contribution in [0.2, 0.25) is 10.0 Å². The molecule has 2 heterocycles. The Hall–Kier alpha value is -4.00. The second-order valence-corrected chi connectivity index (χ2v) is 9.89. The highest BCUT2D eigenvalue weighted by molar-refractivity contribution is 6.31. The SMILES string of the molecule is Cc1cc(/C=C2\NC(=O)N(Cc3ccc(Cl)cc3)C2=O)c(C)n1-c1ccc(OCc2ccccc2Cl)cc1. The number of amides is 3. The number of carbonyl (C=O) groups excluding carboxylic acids is 2. The van der Waals surface area contributed by atoms with E-state index in [0.717, 1.165) is 39.5 Å². The number of hydrogen-bond donors (Lipinski definition) is 1. The highest BCUT2D eigenvalue weighted by Gasteiger charge is 2.33. The molecule has 8 heteroatoms. The van der Waals surface area contributed by atoms with Crippen LogP contribution >= 0.6 is 23.2 Å². The van der Waals surface area contributed by atoms with Crippen LogP contribution in [0.25, 0.3) is 11.8 Å². The van der Waals surface area contributed by atoms with Gasteiger partial charge < -0.3 is 14.6 Å². The van der Waals surface area contributed by atoms with Gasteiger partial charge in [-0.25, -0.2) is 4.79 Å². The second-order valence-electron chi connectivity index (χ2n) is 9.04. The molecule has 38 heavy (non-hydrogen) atoms. The molecule has 0 bridgehead atoms. The summed E-state index contributed by atoms with van der Waals surface area (Å²) in [5.41, 5.74) is 5.73. The van der Waals surface area contributed by atoms with Crippen molar-refractivity contribution in [3.63, 3.8) is 0 Å². The Morgan fingerprint density at radius 1 is 0.921 bits per heavy atom. The van der Waals surface area contributed by atoms with E-state index in [1.54, 1.807) is 30.3 Å². The average molecular weight is 546 g/mol. The molecule has 3 amide bonds. The van der Waals surface area contributed by atoms with Gasteiger partial charge in [0.15, 0.2) is 0 Å². The fraction of sp³-hybridized carbons (Fsp3) is 0.133. The van der Waals surface area contributed by atoms with Crippen LogP contribution in [0.4, 0.5) is 4.79 Å². The Balaban J connectivity index is 1.32. The molecule has 0 unspecified atom stereocenters. The summed E-state index contributed by atoms with van der Waals surface area (Å²) in [6.07, 6.45) is 1.72. The van der Waals surface area contributed by atoms with Crippen LogP contribution < -0.4 is 10.1 Å². The molecule has 1 N–H and O–H groups in total. The van der Waals surface area contributed by atoms with Gasteiger partial charge in [-0.2, -0.15) is 0 Å². The maximum atomic E-state index is 13.0. The average Bonchev–Trinajstić information content (AvgIpc) is 3.33. The summed E-state index contributed by atoms with van der Waals surface area (Å²) in [4.78, 5) is 26.7. The standard InChI is InChI=1S/C30H25Cl2N3O3/c1-19-15-23(16-28-29(36)34(30(37)33-28)17-21-7-9-24(31)10-8-21)20(2)35(19)25-11-13-26(14-12-25)38-18-22-5-3-4-6-27(22)32/h3-16H,17-18H2,1-2H3,(H,33,37)/b28-16-. The quantitative estimate of drug-likeness (QED) is 0.199. The molecule has 1 aliphatic heterocycles. The van der Waals surface area contributed by atoms with E-state index in [1.165, 1.54) is 4.90 Å². The summed E-state index contributed by atoms with van der Waals surface area (Å²) < 4.78 is 8.00. The van der Waals surface area contributed by atoms with Gasteiger partial charge in [0.05, 0.1) is 6.54 Å². The molecule has 0 spiro atoms. The monoisotopic (exact) mass is 545 g/mol. The number of aryl methyl sites for hydroxylation is 1. The number of imide groups is 1. The normalized spacial score (nSPS) is 14.3. The maximum absolute atomic E-state index is 13.0. The van der Waals surface area contributed by atoms with E-state index in [2.05, 4.69) is 9.88 Å². The van der Waals surface area contributed by atoms with E-state index in [4.69, 9.17) is 27.9 Å². The van der Waals surface area contributed by atoms with Crippen molar-refractivity contribution < 1.29 is 14.3 Å². The van der Waals surface area contributed by atoms with Crippen LogP contribution in [-0.4, -0.2) is 21.4 Å². The summed E-state index contributed by atoms with van der Waals surface area (Å²) in [5.74, 6) is 0.369. The lowest BCUT2D eigenvalue weighted by atomic mass is 10.2. The van der Waals surface area contributed by atoms with Crippen LogP contribution in [0.3, 0.4) is 0 Å². The molecule has 1 saturated heterocycles. The fourth-order valence-electron chi connectivity index (χ4n) is 4.44. The minimum absolute atomic E-state index is 0.170. The first-order valence-corrected chi connectivity index (χ1v) is 12.8. The van der Waals surface area contributed by atoms with Gasteiger partial charge in [-0.3, -0.25) is 9.69 Å². The Labute approximate surface area is 231 Å². The number of urea groups is 1. The van der Waals surface area contributed by atoms with Gasteiger partial charge >= 0.3 is 6.03 Å². The minimum atomic E-state index is -0.447. The molecule has 3 aromatic carbocycles. The predicted octanol–water partition coefficient (Wildman–Crippen LogP) is 7.07. The van der Waals surface area contributed by atoms with Gasteiger partial charge in [0.2, 0.25) is 0 Å². The van der Waals surface area contributed by atoms with Crippen molar-refractivity contribution >= 4 is 41.2 Å². The third-order valence-electron chi connectivity index (χ3n) is 6.43. The highest BCUT2D eigenvalue weighted by atomic mass is 35.5. The maximum Gasteiger partial charge on any atom is 0.329 e. The topological polar surface area (TPSA) is 63.6 Å². The molecule has 0 saturated carbocycles. The fourth-order valence-corrected chi connectivity index (χ4v) is 4.76. The largest absolute Gasteiger partial charge is 0.489 e. The van der Waals surface area contributed by atoms with Crippen LogP contribution in [0, 0.1) is 13.8 Å². The van der Waals surface area contributed by atoms with Gasteiger partial charge in [0.1, 0.15) is 18.1 Å². The number of carbonyl (C=O) groups is 2. The van der Waals surface area contributed by atoms with Crippen LogP contribution in [0.1, 0.15) is 28.1 Å². The van der Waals surface area contributed by atoms with Crippen molar-refractivity contribution in [2.45, 2.75) is 27.0 Å². The van der Waals surface area contributed by atoms with Gasteiger partial charge in [-0.1, -0.05) is 53.5 Å². The summed E-state index contributed by atoms with van der Waals surface area (Å²) in [5, 5.41) is 3.98. The van der Waals surface area contributed by atoms with Crippen molar-refractivity contribution in [3.05, 3.63) is 123 Å². The van der Waals surface area contributed by atoms with Gasteiger partial charge in [0, 0.05) is 32.7 Å². The minimum Gasteiger partial charge on any atom is -0.489 e. The number of benzene rings is 3. The van der Waals surface area contributed by atoms with E-state index in [9.17, 15) is 9.59 Å². The summed E-state index contributed by atoms with van der Waals surface area (Å²) in [6, 6.07) is 24.0. The van der Waals surface area contributed by atoms with E-state index in [-0.39, 0.29) is 18.1 Å². The third kappa shape index (κ3) is 5.32. The molecule has 1 aromatic heterocycles. The van der Waals surface area contributed by atoms with Crippen molar-refractivity contribution in [2.75, 3.05) is 0 Å². The van der Waals surface area contributed by atoms with Crippen molar-refractivity contribution in [2.24, 2.45) is 0 Å². The molecular formula is C30H25Cl2N3O3. The number of ether oxygens (including phenoxy) is 1. The summed E-state index contributed by atoms with van der Waals surface area (Å²) in [7, 11) is 0. The van der Waals surface area contributed by atoms with E-state index < -0.39 is 6.03 Å². The lowest BCUT2D eigenvalue weighted by molar-refractivity contribution is -0.123. The smallest absolute Gasteiger partial charge is 0.329 e. The van der Waals surface area contributed by atoms with E-state index in [1.807, 2.05) is 68.4 Å². The molecule has 1 aliphatic rings.